The molecular formula is C15H19NO. The maximum absolute atomic E-state index is 5.17. The summed E-state index contributed by atoms with van der Waals surface area (Å²) in [6.07, 6.45) is 7.79. The molecule has 17 heavy (non-hydrogen) atoms. The number of rotatable bonds is 5. The Balaban J connectivity index is 2.23. The highest BCUT2D eigenvalue weighted by Gasteiger charge is 2.05. The predicted octanol–water partition coefficient (Wildman–Crippen LogP) is 4.03. The second-order valence-electron chi connectivity index (χ2n) is 4.23. The third-order valence-corrected chi connectivity index (χ3v) is 3.03. The highest BCUT2D eigenvalue weighted by atomic mass is 16.5. The minimum Gasteiger partial charge on any atom is -0.497 e. The number of hydrogen-bond acceptors (Lipinski definition) is 1. The van der Waals surface area contributed by atoms with Crippen LogP contribution in [-0.2, 0) is 6.42 Å². The number of H-pyrrole nitrogens is 1. The molecule has 0 radical (unpaired) electrons. The lowest BCUT2D eigenvalue weighted by Crippen LogP contribution is -1.86. The van der Waals surface area contributed by atoms with Gasteiger partial charge in [0.05, 0.1) is 7.11 Å². The maximum Gasteiger partial charge on any atom is 0.118 e. The van der Waals surface area contributed by atoms with Gasteiger partial charge in [0.2, 0.25) is 0 Å². The summed E-state index contributed by atoms with van der Waals surface area (Å²) in [4.78, 5) is 3.20. The Hall–Kier alpha value is -1.70. The van der Waals surface area contributed by atoms with Crippen molar-refractivity contribution in [1.82, 2.24) is 4.98 Å². The van der Waals surface area contributed by atoms with Crippen molar-refractivity contribution < 1.29 is 4.74 Å². The number of aryl methyl sites for hydroxylation is 1. The molecule has 2 nitrogen and oxygen atoms in total. The lowest BCUT2D eigenvalue weighted by Gasteiger charge is -2.05. The summed E-state index contributed by atoms with van der Waals surface area (Å²) in [7, 11) is 1.69. The van der Waals surface area contributed by atoms with Crippen LogP contribution < -0.4 is 4.74 Å². The molecule has 1 heterocycles. The van der Waals surface area contributed by atoms with E-state index in [9.17, 15) is 0 Å². The average molecular weight is 229 g/mol. The fourth-order valence-electron chi connectivity index (χ4n) is 2.01. The van der Waals surface area contributed by atoms with E-state index < -0.39 is 0 Å². The van der Waals surface area contributed by atoms with Crippen LogP contribution in [0.2, 0.25) is 0 Å². The zero-order chi connectivity index (χ0) is 12.1. The quantitative estimate of drug-likeness (QED) is 0.822. The highest BCUT2D eigenvalue weighted by Crippen LogP contribution is 2.26. The van der Waals surface area contributed by atoms with Gasteiger partial charge in [-0.1, -0.05) is 25.5 Å². The topological polar surface area (TPSA) is 25.0 Å². The Labute approximate surface area is 103 Å². The van der Waals surface area contributed by atoms with Gasteiger partial charge in [0, 0.05) is 18.0 Å². The number of benzene rings is 1. The molecule has 1 aromatic heterocycles. The van der Waals surface area contributed by atoms with E-state index in [1.54, 1.807) is 7.11 Å². The molecule has 0 atom stereocenters. The number of ether oxygens (including phenoxy) is 1. The molecule has 2 heteroatoms. The molecule has 0 saturated heterocycles. The molecule has 0 spiro atoms. The summed E-state index contributed by atoms with van der Waals surface area (Å²) in [5.74, 6) is 0.902. The van der Waals surface area contributed by atoms with Crippen LogP contribution in [0.4, 0.5) is 0 Å². The lowest BCUT2D eigenvalue weighted by atomic mass is 10.0. The zero-order valence-electron chi connectivity index (χ0n) is 10.5. The van der Waals surface area contributed by atoms with Crippen LogP contribution in [0.3, 0.4) is 0 Å². The molecule has 1 aromatic carbocycles. The van der Waals surface area contributed by atoms with Crippen molar-refractivity contribution in [3.05, 3.63) is 42.2 Å². The van der Waals surface area contributed by atoms with Crippen LogP contribution in [0.25, 0.3) is 11.1 Å². The third-order valence-electron chi connectivity index (χ3n) is 3.03. The zero-order valence-corrected chi connectivity index (χ0v) is 10.5. The fourth-order valence-corrected chi connectivity index (χ4v) is 2.01. The number of aromatic nitrogens is 1. The van der Waals surface area contributed by atoms with Gasteiger partial charge in [0.15, 0.2) is 0 Å². The Morgan fingerprint density at radius 1 is 1.12 bits per heavy atom. The van der Waals surface area contributed by atoms with E-state index in [4.69, 9.17) is 4.74 Å². The maximum atomic E-state index is 5.17. The fraction of sp³-hybridized carbons (Fsp3) is 0.333. The van der Waals surface area contributed by atoms with E-state index in [0.29, 0.717) is 0 Å². The van der Waals surface area contributed by atoms with Crippen LogP contribution in [0.15, 0.2) is 36.7 Å². The Morgan fingerprint density at radius 2 is 1.88 bits per heavy atom. The number of hydrogen-bond donors (Lipinski definition) is 1. The second-order valence-corrected chi connectivity index (χ2v) is 4.23. The SMILES string of the molecule is CCCCc1c[nH]cc1-c1ccc(OC)cc1. The molecule has 0 unspecified atom stereocenters. The molecule has 0 aliphatic heterocycles. The van der Waals surface area contributed by atoms with Crippen molar-refractivity contribution in [3.8, 4) is 16.9 Å². The summed E-state index contributed by atoms with van der Waals surface area (Å²) >= 11 is 0. The largest absolute Gasteiger partial charge is 0.497 e. The Bertz CT molecular complexity index is 456. The van der Waals surface area contributed by atoms with Gasteiger partial charge in [-0.05, 0) is 36.1 Å². The molecule has 0 aliphatic carbocycles. The number of nitrogens with one attached hydrogen (secondary N) is 1. The van der Waals surface area contributed by atoms with E-state index in [2.05, 4.69) is 36.4 Å². The van der Waals surface area contributed by atoms with Crippen LogP contribution in [0.1, 0.15) is 25.3 Å². The standard InChI is InChI=1S/C15H19NO/c1-3-4-5-13-10-16-11-15(13)12-6-8-14(17-2)9-7-12/h6-11,16H,3-5H2,1-2H3. The molecule has 0 saturated carbocycles. The molecule has 0 amide bonds. The van der Waals surface area contributed by atoms with Gasteiger partial charge in [-0.3, -0.25) is 0 Å². The number of methoxy groups -OCH3 is 1. The third kappa shape index (κ3) is 2.70. The average Bonchev–Trinajstić information content (AvgIpc) is 2.84. The summed E-state index contributed by atoms with van der Waals surface area (Å²) in [6.45, 7) is 2.22. The van der Waals surface area contributed by atoms with Crippen LogP contribution >= 0.6 is 0 Å². The first-order valence-electron chi connectivity index (χ1n) is 6.15. The molecule has 1 N–H and O–H groups in total. The first-order chi connectivity index (χ1) is 8.35. The van der Waals surface area contributed by atoms with Gasteiger partial charge in [-0.15, -0.1) is 0 Å². The second kappa shape index (κ2) is 5.58. The van der Waals surface area contributed by atoms with Crippen LogP contribution in [-0.4, -0.2) is 12.1 Å². The molecule has 0 aliphatic rings. The highest BCUT2D eigenvalue weighted by molar-refractivity contribution is 5.67. The monoisotopic (exact) mass is 229 g/mol. The number of aromatic amines is 1. The van der Waals surface area contributed by atoms with E-state index in [-0.39, 0.29) is 0 Å². The van der Waals surface area contributed by atoms with Gasteiger partial charge >= 0.3 is 0 Å². The van der Waals surface area contributed by atoms with Crippen molar-refractivity contribution in [2.75, 3.05) is 7.11 Å². The minimum absolute atomic E-state index is 0.902. The summed E-state index contributed by atoms with van der Waals surface area (Å²) in [5.41, 5.74) is 3.95. The van der Waals surface area contributed by atoms with Crippen LogP contribution in [0, 0.1) is 0 Å². The van der Waals surface area contributed by atoms with Crippen LogP contribution in [0.5, 0.6) is 5.75 Å². The van der Waals surface area contributed by atoms with Gasteiger partial charge in [-0.2, -0.15) is 0 Å². The lowest BCUT2D eigenvalue weighted by molar-refractivity contribution is 0.415. The van der Waals surface area contributed by atoms with Crippen molar-refractivity contribution in [1.29, 1.82) is 0 Å². The molecule has 90 valence electrons. The van der Waals surface area contributed by atoms with Crippen molar-refractivity contribution >= 4 is 0 Å². The van der Waals surface area contributed by atoms with Crippen molar-refractivity contribution in [3.63, 3.8) is 0 Å². The molecule has 0 bridgehead atoms. The molecule has 2 rings (SSSR count). The van der Waals surface area contributed by atoms with E-state index in [1.165, 1.54) is 29.5 Å². The number of unbranched alkanes of at least 4 members (excludes halogenated alkanes) is 1. The summed E-state index contributed by atoms with van der Waals surface area (Å²) in [5, 5.41) is 0. The van der Waals surface area contributed by atoms with E-state index >= 15 is 0 Å². The van der Waals surface area contributed by atoms with Gasteiger partial charge in [-0.25, -0.2) is 0 Å². The smallest absolute Gasteiger partial charge is 0.118 e. The van der Waals surface area contributed by atoms with Crippen molar-refractivity contribution in [2.45, 2.75) is 26.2 Å². The predicted molar refractivity (Wildman–Crippen MR) is 71.4 cm³/mol. The molecular weight excluding hydrogens is 210 g/mol. The Morgan fingerprint density at radius 3 is 2.53 bits per heavy atom. The normalized spacial score (nSPS) is 10.5. The Kier molecular flexibility index (Phi) is 3.86. The molecule has 2 aromatic rings. The summed E-state index contributed by atoms with van der Waals surface area (Å²) < 4.78 is 5.17. The van der Waals surface area contributed by atoms with Crippen molar-refractivity contribution in [2.24, 2.45) is 0 Å². The van der Waals surface area contributed by atoms with E-state index in [0.717, 1.165) is 12.2 Å². The van der Waals surface area contributed by atoms with Gasteiger partial charge in [0.1, 0.15) is 5.75 Å². The minimum atomic E-state index is 0.902. The van der Waals surface area contributed by atoms with Gasteiger partial charge in [0.25, 0.3) is 0 Å². The van der Waals surface area contributed by atoms with E-state index in [1.807, 2.05) is 12.1 Å². The molecule has 0 fully saturated rings. The summed E-state index contributed by atoms with van der Waals surface area (Å²) in [6, 6.07) is 8.23. The van der Waals surface area contributed by atoms with Gasteiger partial charge < -0.3 is 9.72 Å². The first-order valence-corrected chi connectivity index (χ1v) is 6.15. The first kappa shape index (κ1) is 11.8.